The summed E-state index contributed by atoms with van der Waals surface area (Å²) in [7, 11) is 0. The van der Waals surface area contributed by atoms with Gasteiger partial charge in [-0.25, -0.2) is 4.79 Å². The maximum Gasteiger partial charge on any atom is 0.328 e. The molecule has 2 amide bonds. The molecule has 0 aromatic heterocycles. The first kappa shape index (κ1) is 25.7. The Hall–Kier alpha value is -3.93. The lowest BCUT2D eigenvalue weighted by Crippen LogP contribution is -2.45. The molecule has 35 heavy (non-hydrogen) atoms. The van der Waals surface area contributed by atoms with Crippen LogP contribution in [0, 0.1) is 5.92 Å². The Morgan fingerprint density at radius 2 is 1.20 bits per heavy atom. The van der Waals surface area contributed by atoms with Crippen molar-refractivity contribution in [2.24, 2.45) is 5.92 Å². The molecule has 6 heteroatoms. The van der Waals surface area contributed by atoms with Crippen molar-refractivity contribution in [2.45, 2.75) is 38.8 Å². The highest BCUT2D eigenvalue weighted by Crippen LogP contribution is 2.11. The topological polar surface area (TPSA) is 84.5 Å². The van der Waals surface area contributed by atoms with E-state index in [0.717, 1.165) is 5.56 Å². The molecule has 0 aliphatic carbocycles. The Labute approximate surface area is 206 Å². The van der Waals surface area contributed by atoms with Crippen LogP contribution in [-0.4, -0.2) is 36.5 Å². The lowest BCUT2D eigenvalue weighted by Gasteiger charge is -2.23. The third kappa shape index (κ3) is 8.41. The summed E-state index contributed by atoms with van der Waals surface area (Å²) in [5, 5.41) is 5.78. The minimum atomic E-state index is -0.787. The number of ether oxygens (including phenoxy) is 1. The molecule has 3 aromatic carbocycles. The fraction of sp³-hybridized carbons (Fsp3) is 0.276. The van der Waals surface area contributed by atoms with Crippen molar-refractivity contribution in [3.05, 3.63) is 108 Å². The second-order valence-electron chi connectivity index (χ2n) is 8.88. The highest BCUT2D eigenvalue weighted by atomic mass is 16.5. The lowest BCUT2D eigenvalue weighted by atomic mass is 10.0. The van der Waals surface area contributed by atoms with Crippen molar-refractivity contribution in [1.29, 1.82) is 0 Å². The van der Waals surface area contributed by atoms with Gasteiger partial charge in [-0.2, -0.15) is 0 Å². The first-order valence-electron chi connectivity index (χ1n) is 11.8. The van der Waals surface area contributed by atoms with E-state index in [1.807, 2.05) is 56.3 Å². The van der Waals surface area contributed by atoms with Crippen molar-refractivity contribution >= 4 is 17.8 Å². The summed E-state index contributed by atoms with van der Waals surface area (Å²) >= 11 is 0. The van der Waals surface area contributed by atoms with E-state index in [9.17, 15) is 14.4 Å². The van der Waals surface area contributed by atoms with E-state index in [1.54, 1.807) is 48.5 Å². The molecule has 0 unspecified atom stereocenters. The molecule has 0 saturated carbocycles. The van der Waals surface area contributed by atoms with Crippen LogP contribution in [-0.2, 0) is 16.0 Å². The fourth-order valence-electron chi connectivity index (χ4n) is 3.71. The number of benzene rings is 3. The van der Waals surface area contributed by atoms with Crippen LogP contribution in [0.3, 0.4) is 0 Å². The van der Waals surface area contributed by atoms with Crippen LogP contribution < -0.4 is 10.6 Å². The van der Waals surface area contributed by atoms with Crippen LogP contribution in [0.5, 0.6) is 0 Å². The Bertz CT molecular complexity index is 1090. The standard InChI is InChI=1S/C29H32N2O4/c1-21(2)18-26(31-28(33)24-16-10-5-11-17-24)29(34)35-20-25(19-22-12-6-3-7-13-22)30-27(32)23-14-8-4-9-15-23/h3-17,21,25-26H,18-20H2,1-2H3,(H,30,32)(H,31,33)/t25-,26-/m0/s1. The number of esters is 1. The van der Waals surface area contributed by atoms with Gasteiger partial charge >= 0.3 is 5.97 Å². The number of amides is 2. The first-order valence-corrected chi connectivity index (χ1v) is 11.8. The van der Waals surface area contributed by atoms with Gasteiger partial charge < -0.3 is 15.4 Å². The molecule has 3 rings (SSSR count). The molecule has 2 atom stereocenters. The van der Waals surface area contributed by atoms with Crippen molar-refractivity contribution in [2.75, 3.05) is 6.61 Å². The summed E-state index contributed by atoms with van der Waals surface area (Å²) in [6, 6.07) is 26.2. The second kappa shape index (κ2) is 13.1. The van der Waals surface area contributed by atoms with E-state index in [2.05, 4.69) is 10.6 Å². The molecule has 3 aromatic rings. The third-order valence-corrected chi connectivity index (χ3v) is 5.46. The van der Waals surface area contributed by atoms with Crippen molar-refractivity contribution < 1.29 is 19.1 Å². The van der Waals surface area contributed by atoms with Crippen LogP contribution in [0.25, 0.3) is 0 Å². The Morgan fingerprint density at radius 1 is 0.714 bits per heavy atom. The van der Waals surface area contributed by atoms with E-state index in [4.69, 9.17) is 4.74 Å². The average molecular weight is 473 g/mol. The van der Waals surface area contributed by atoms with Crippen molar-refractivity contribution in [3.63, 3.8) is 0 Å². The van der Waals surface area contributed by atoms with Gasteiger partial charge in [0.15, 0.2) is 0 Å². The maximum atomic E-state index is 13.0. The van der Waals surface area contributed by atoms with Crippen LogP contribution in [0.15, 0.2) is 91.0 Å². The zero-order valence-electron chi connectivity index (χ0n) is 20.1. The minimum absolute atomic E-state index is 0.0118. The minimum Gasteiger partial charge on any atom is -0.462 e. The predicted octanol–water partition coefficient (Wildman–Crippen LogP) is 4.42. The number of nitrogens with one attached hydrogen (secondary N) is 2. The largest absolute Gasteiger partial charge is 0.462 e. The van der Waals surface area contributed by atoms with Gasteiger partial charge in [0.1, 0.15) is 12.6 Å². The van der Waals surface area contributed by atoms with Crippen molar-refractivity contribution in [3.8, 4) is 0 Å². The normalized spacial score (nSPS) is 12.4. The molecule has 2 N–H and O–H groups in total. The average Bonchev–Trinajstić information content (AvgIpc) is 2.88. The van der Waals surface area contributed by atoms with Crippen LogP contribution in [0.4, 0.5) is 0 Å². The van der Waals surface area contributed by atoms with Gasteiger partial charge in [-0.05, 0) is 48.6 Å². The smallest absolute Gasteiger partial charge is 0.328 e. The Kier molecular flexibility index (Phi) is 9.60. The number of hydrogen-bond acceptors (Lipinski definition) is 4. The van der Waals surface area contributed by atoms with Gasteiger partial charge in [-0.15, -0.1) is 0 Å². The molecule has 0 radical (unpaired) electrons. The first-order chi connectivity index (χ1) is 16.9. The molecule has 0 spiro atoms. The van der Waals surface area contributed by atoms with Gasteiger partial charge in [0, 0.05) is 11.1 Å². The zero-order chi connectivity index (χ0) is 25.0. The number of carbonyl (C=O) groups is 3. The SMILES string of the molecule is CC(C)C[C@H](NC(=O)c1ccccc1)C(=O)OC[C@H](Cc1ccccc1)NC(=O)c1ccccc1. The predicted molar refractivity (Wildman–Crippen MR) is 136 cm³/mol. The quantitative estimate of drug-likeness (QED) is 0.405. The van der Waals surface area contributed by atoms with Crippen LogP contribution >= 0.6 is 0 Å². The van der Waals surface area contributed by atoms with Gasteiger partial charge in [-0.1, -0.05) is 80.6 Å². The Morgan fingerprint density at radius 3 is 1.71 bits per heavy atom. The molecule has 0 aliphatic rings. The summed E-state index contributed by atoms with van der Waals surface area (Å²) in [5.74, 6) is -0.915. The Balaban J connectivity index is 1.68. The summed E-state index contributed by atoms with van der Waals surface area (Å²) in [6.07, 6.45) is 0.940. The lowest BCUT2D eigenvalue weighted by molar-refractivity contribution is -0.147. The van der Waals surface area contributed by atoms with Gasteiger partial charge in [-0.3, -0.25) is 9.59 Å². The highest BCUT2D eigenvalue weighted by Gasteiger charge is 2.25. The van der Waals surface area contributed by atoms with E-state index in [1.165, 1.54) is 0 Å². The molecule has 0 bridgehead atoms. The third-order valence-electron chi connectivity index (χ3n) is 5.46. The van der Waals surface area contributed by atoms with Crippen LogP contribution in [0.2, 0.25) is 0 Å². The van der Waals surface area contributed by atoms with Crippen LogP contribution in [0.1, 0.15) is 46.5 Å². The second-order valence-corrected chi connectivity index (χ2v) is 8.88. The van der Waals surface area contributed by atoms with E-state index >= 15 is 0 Å². The highest BCUT2D eigenvalue weighted by molar-refractivity contribution is 5.96. The summed E-state index contributed by atoms with van der Waals surface area (Å²) in [4.78, 5) is 38.4. The van der Waals surface area contributed by atoms with Gasteiger partial charge in [0.05, 0.1) is 6.04 Å². The number of rotatable bonds is 11. The maximum absolute atomic E-state index is 13.0. The zero-order valence-corrected chi connectivity index (χ0v) is 20.1. The molecule has 182 valence electrons. The van der Waals surface area contributed by atoms with Crippen molar-refractivity contribution in [1.82, 2.24) is 10.6 Å². The number of hydrogen-bond donors (Lipinski definition) is 2. The van der Waals surface area contributed by atoms with Gasteiger partial charge in [0.2, 0.25) is 0 Å². The number of carbonyl (C=O) groups excluding carboxylic acids is 3. The summed E-state index contributed by atoms with van der Waals surface area (Å²) < 4.78 is 5.64. The molecule has 0 heterocycles. The molecular weight excluding hydrogens is 440 g/mol. The fourth-order valence-corrected chi connectivity index (χ4v) is 3.71. The summed E-state index contributed by atoms with van der Waals surface area (Å²) in [5.41, 5.74) is 2.02. The van der Waals surface area contributed by atoms with Gasteiger partial charge in [0.25, 0.3) is 11.8 Å². The molecular formula is C29H32N2O4. The van der Waals surface area contributed by atoms with E-state index < -0.39 is 18.1 Å². The molecule has 0 aliphatic heterocycles. The monoisotopic (exact) mass is 472 g/mol. The van der Waals surface area contributed by atoms with E-state index in [0.29, 0.717) is 24.0 Å². The molecule has 6 nitrogen and oxygen atoms in total. The summed E-state index contributed by atoms with van der Waals surface area (Å²) in [6.45, 7) is 3.95. The van der Waals surface area contributed by atoms with E-state index in [-0.39, 0.29) is 24.3 Å². The molecule has 0 fully saturated rings. The molecule has 0 saturated heterocycles.